The van der Waals surface area contributed by atoms with Crippen LogP contribution in [0.25, 0.3) is 11.1 Å². The van der Waals surface area contributed by atoms with Gasteiger partial charge in [0.15, 0.2) is 0 Å². The summed E-state index contributed by atoms with van der Waals surface area (Å²) in [6.07, 6.45) is 12.5. The van der Waals surface area contributed by atoms with Crippen LogP contribution in [0.4, 0.5) is 11.6 Å². The molecule has 1 aromatic carbocycles. The molecule has 15 heteroatoms. The number of hydrogen-bond acceptors (Lipinski definition) is 12. The molecule has 0 unspecified atom stereocenters. The lowest BCUT2D eigenvalue weighted by Crippen LogP contribution is -2.51. The van der Waals surface area contributed by atoms with E-state index in [0.29, 0.717) is 48.2 Å². The van der Waals surface area contributed by atoms with Crippen molar-refractivity contribution in [2.75, 3.05) is 32.1 Å². The molecule has 270 valence electrons. The molecule has 4 aromatic rings. The highest BCUT2D eigenvalue weighted by Gasteiger charge is 2.32. The fourth-order valence-electron chi connectivity index (χ4n) is 6.67. The Morgan fingerprint density at radius 2 is 1.76 bits per heavy atom. The molecule has 3 aromatic heterocycles. The van der Waals surface area contributed by atoms with Gasteiger partial charge in [-0.1, -0.05) is 17.7 Å². The minimum absolute atomic E-state index is 0.209. The first kappa shape index (κ1) is 36.0. The number of benzene rings is 1. The number of ether oxygens (including phenoxy) is 4. The van der Waals surface area contributed by atoms with Gasteiger partial charge in [-0.05, 0) is 88.4 Å². The minimum atomic E-state index is -0.304. The van der Waals surface area contributed by atoms with Crippen molar-refractivity contribution in [2.24, 2.45) is 0 Å². The molecule has 1 aliphatic carbocycles. The van der Waals surface area contributed by atoms with Crippen LogP contribution in [0.1, 0.15) is 72.8 Å². The summed E-state index contributed by atoms with van der Waals surface area (Å²) in [4.78, 5) is 11.9. The Morgan fingerprint density at radius 1 is 1.04 bits per heavy atom. The summed E-state index contributed by atoms with van der Waals surface area (Å²) in [5, 5.41) is 20.0. The first-order valence-electron chi connectivity index (χ1n) is 17.5. The number of tetrazole rings is 1. The van der Waals surface area contributed by atoms with E-state index < -0.39 is 0 Å². The van der Waals surface area contributed by atoms with E-state index >= 15 is 0 Å². The molecule has 1 aliphatic heterocycles. The van der Waals surface area contributed by atoms with Crippen LogP contribution in [0.15, 0.2) is 43.1 Å². The maximum Gasteiger partial charge on any atom is 0.256 e. The number of hydrogen-bond donors (Lipinski definition) is 1. The van der Waals surface area contributed by atoms with E-state index in [0.717, 1.165) is 55.6 Å². The normalized spacial score (nSPS) is 22.3. The van der Waals surface area contributed by atoms with Crippen molar-refractivity contribution in [2.45, 2.75) is 109 Å². The summed E-state index contributed by atoms with van der Waals surface area (Å²) in [7, 11) is 1.72. The molecule has 2 aliphatic rings. The topological polar surface area (TPSA) is 139 Å². The molecule has 2 fully saturated rings. The molecule has 4 heterocycles. The molecule has 0 bridgehead atoms. The molecule has 0 radical (unpaired) electrons. The number of rotatable bonds is 14. The van der Waals surface area contributed by atoms with Crippen molar-refractivity contribution >= 4 is 23.2 Å². The van der Waals surface area contributed by atoms with Gasteiger partial charge < -0.3 is 24.3 Å². The monoisotopic (exact) mass is 708 g/mol. The third-order valence-electron chi connectivity index (χ3n) is 9.52. The van der Waals surface area contributed by atoms with E-state index in [1.165, 1.54) is 0 Å². The molecular weight excluding hydrogens is 660 g/mol. The van der Waals surface area contributed by atoms with E-state index in [9.17, 15) is 0 Å². The highest BCUT2D eigenvalue weighted by Crippen LogP contribution is 2.36. The van der Waals surface area contributed by atoms with Crippen LogP contribution in [0.5, 0.6) is 11.6 Å². The van der Waals surface area contributed by atoms with Crippen molar-refractivity contribution in [1.29, 1.82) is 0 Å². The van der Waals surface area contributed by atoms with Crippen LogP contribution >= 0.6 is 11.6 Å². The van der Waals surface area contributed by atoms with Gasteiger partial charge in [0.2, 0.25) is 5.95 Å². The van der Waals surface area contributed by atoms with Crippen molar-refractivity contribution in [3.05, 3.63) is 48.1 Å². The van der Waals surface area contributed by atoms with Crippen LogP contribution in [-0.4, -0.2) is 102 Å². The van der Waals surface area contributed by atoms with Gasteiger partial charge in [-0.15, -0.1) is 10.2 Å². The number of nitrogens with one attached hydrogen (secondary N) is 1. The highest BCUT2D eigenvalue weighted by atomic mass is 35.5. The van der Waals surface area contributed by atoms with E-state index in [1.54, 1.807) is 36.6 Å². The minimum Gasteiger partial charge on any atom is -0.487 e. The smallest absolute Gasteiger partial charge is 0.256 e. The van der Waals surface area contributed by atoms with Gasteiger partial charge in [0.25, 0.3) is 5.88 Å². The quantitative estimate of drug-likeness (QED) is 0.165. The maximum absolute atomic E-state index is 6.47. The van der Waals surface area contributed by atoms with E-state index in [2.05, 4.69) is 54.2 Å². The summed E-state index contributed by atoms with van der Waals surface area (Å²) < 4.78 is 27.6. The van der Waals surface area contributed by atoms with Gasteiger partial charge in [0.05, 0.1) is 48.2 Å². The molecular formula is C35H49ClN10O4. The van der Waals surface area contributed by atoms with Gasteiger partial charge in [0, 0.05) is 50.6 Å². The highest BCUT2D eigenvalue weighted by molar-refractivity contribution is 6.32. The Labute approximate surface area is 298 Å². The number of aromatic nitrogens is 8. The SMILES string of the molecule is COC(C)(C)CCOc1nn([C@H]2CC[C@H](N3C[C@@H](C)O[C@@H](C)C3)CC2)cc1Nc1ncc(-c2ccc(Cl)c(O[C@@H](C)Cn3cnnn3)c2)cn1. The Kier molecular flexibility index (Phi) is 11.5. The van der Waals surface area contributed by atoms with Crippen LogP contribution < -0.4 is 14.8 Å². The second-order valence-corrected chi connectivity index (χ2v) is 14.5. The number of halogens is 1. The third-order valence-corrected chi connectivity index (χ3v) is 9.84. The zero-order valence-electron chi connectivity index (χ0n) is 29.8. The van der Waals surface area contributed by atoms with E-state index in [-0.39, 0.29) is 30.0 Å². The molecule has 50 heavy (non-hydrogen) atoms. The molecule has 1 N–H and O–H groups in total. The van der Waals surface area contributed by atoms with Gasteiger partial charge in [-0.3, -0.25) is 9.58 Å². The van der Waals surface area contributed by atoms with E-state index in [4.69, 9.17) is 35.6 Å². The Morgan fingerprint density at radius 3 is 2.44 bits per heavy atom. The fourth-order valence-corrected chi connectivity index (χ4v) is 6.83. The van der Waals surface area contributed by atoms with Crippen LogP contribution in [0, 0.1) is 0 Å². The predicted octanol–water partition coefficient (Wildman–Crippen LogP) is 5.98. The first-order chi connectivity index (χ1) is 24.0. The lowest BCUT2D eigenvalue weighted by Gasteiger charge is -2.42. The van der Waals surface area contributed by atoms with Gasteiger partial charge >= 0.3 is 0 Å². The van der Waals surface area contributed by atoms with Crippen molar-refractivity contribution in [1.82, 2.24) is 44.9 Å². The number of morpholine rings is 1. The zero-order chi connectivity index (χ0) is 35.3. The summed E-state index contributed by atoms with van der Waals surface area (Å²) in [5.41, 5.74) is 2.12. The van der Waals surface area contributed by atoms with Crippen molar-refractivity contribution in [3.8, 4) is 22.8 Å². The van der Waals surface area contributed by atoms with Gasteiger partial charge in [-0.25, -0.2) is 14.6 Å². The second kappa shape index (κ2) is 16.0. The van der Waals surface area contributed by atoms with Gasteiger partial charge in [-0.2, -0.15) is 0 Å². The predicted molar refractivity (Wildman–Crippen MR) is 190 cm³/mol. The molecule has 0 amide bonds. The largest absolute Gasteiger partial charge is 0.487 e. The average molecular weight is 709 g/mol. The van der Waals surface area contributed by atoms with Gasteiger partial charge in [0.1, 0.15) is 23.9 Å². The molecule has 14 nitrogen and oxygen atoms in total. The molecule has 6 rings (SSSR count). The lowest BCUT2D eigenvalue weighted by atomic mass is 9.89. The zero-order valence-corrected chi connectivity index (χ0v) is 30.6. The Hall–Kier alpha value is -3.85. The van der Waals surface area contributed by atoms with E-state index in [1.807, 2.05) is 39.1 Å². The summed E-state index contributed by atoms with van der Waals surface area (Å²) in [6, 6.07) is 6.47. The summed E-state index contributed by atoms with van der Waals surface area (Å²) in [5.74, 6) is 1.52. The van der Waals surface area contributed by atoms with Crippen molar-refractivity contribution < 1.29 is 18.9 Å². The van der Waals surface area contributed by atoms with Crippen LogP contribution in [-0.2, 0) is 16.0 Å². The molecule has 3 atom stereocenters. The third kappa shape index (κ3) is 9.27. The number of anilines is 2. The molecule has 1 saturated carbocycles. The standard InChI is InChI=1S/C35H49ClN10O4/c1-23-18-44(19-24(2)49-23)28-8-10-29(11-9-28)46-21-31(33(41-46)48-14-13-35(4,5)47-6)40-34-37-16-27(17-38-34)26-7-12-30(36)32(15-26)50-25(3)20-45-22-39-42-43-45/h7,12,15-17,21-25,28-29H,8-11,13-14,18-20H2,1-6H3,(H,37,38,40)/t23-,24+,25-,28-,29-/m0/s1. The molecule has 0 spiro atoms. The number of methoxy groups -OCH3 is 1. The van der Waals surface area contributed by atoms with Crippen molar-refractivity contribution in [3.63, 3.8) is 0 Å². The van der Waals surface area contributed by atoms with Crippen LogP contribution in [0.3, 0.4) is 0 Å². The van der Waals surface area contributed by atoms with Crippen LogP contribution in [0.2, 0.25) is 5.02 Å². The molecule has 1 saturated heterocycles. The lowest BCUT2D eigenvalue weighted by molar-refractivity contribution is -0.0852. The second-order valence-electron chi connectivity index (χ2n) is 14.1. The fraction of sp³-hybridized carbons (Fsp3) is 0.600. The number of nitrogens with zero attached hydrogens (tertiary/aromatic N) is 9. The Bertz CT molecular complexity index is 1650. The average Bonchev–Trinajstić information content (AvgIpc) is 3.76. The summed E-state index contributed by atoms with van der Waals surface area (Å²) >= 11 is 6.47. The first-order valence-corrected chi connectivity index (χ1v) is 17.9. The summed E-state index contributed by atoms with van der Waals surface area (Å²) in [6.45, 7) is 13.3. The Balaban J connectivity index is 1.13. The maximum atomic E-state index is 6.47.